The van der Waals surface area contributed by atoms with Gasteiger partial charge in [0.15, 0.2) is 5.60 Å². The van der Waals surface area contributed by atoms with Crippen molar-refractivity contribution in [2.24, 2.45) is 5.73 Å². The van der Waals surface area contributed by atoms with Crippen molar-refractivity contribution in [2.45, 2.75) is 12.1 Å². The number of halogens is 2. The molecule has 4 aromatic rings. The van der Waals surface area contributed by atoms with Crippen LogP contribution in [0.15, 0.2) is 49.1 Å². The lowest BCUT2D eigenvalue weighted by molar-refractivity contribution is 0.0534. The lowest BCUT2D eigenvalue weighted by Gasteiger charge is -2.26. The Hall–Kier alpha value is -2.82. The first kappa shape index (κ1) is 18.5. The summed E-state index contributed by atoms with van der Waals surface area (Å²) in [6.07, 6.45) is 2.69. The number of nitrogens with zero attached hydrogens (tertiary/aromatic N) is 4. The highest BCUT2D eigenvalue weighted by Gasteiger charge is 2.38. The van der Waals surface area contributed by atoms with Gasteiger partial charge < -0.3 is 10.8 Å². The summed E-state index contributed by atoms with van der Waals surface area (Å²) in [6.45, 7) is -0.155. The minimum absolute atomic E-state index is 0.113. The molecule has 1 atom stereocenters. The van der Waals surface area contributed by atoms with Gasteiger partial charge in [0.25, 0.3) is 0 Å². The zero-order valence-corrected chi connectivity index (χ0v) is 15.8. The highest BCUT2D eigenvalue weighted by molar-refractivity contribution is 7.80. The number of fused-ring (bicyclic) bond motifs is 1. The highest BCUT2D eigenvalue weighted by Crippen LogP contribution is 2.38. The standard InChI is InChI=1S/C18H13F2N5OS2/c19-11-2-3-12(13(20)6-11)18(26,7-25-9-22-8-23-25)17-24-14-4-1-10(16(21)27)5-15(14)28-17/h1-6,8-9,26H,7H2,(H2,21,27). The zero-order chi connectivity index (χ0) is 19.9. The first-order valence-electron chi connectivity index (χ1n) is 8.08. The third kappa shape index (κ3) is 3.26. The number of rotatable bonds is 5. The van der Waals surface area contributed by atoms with E-state index >= 15 is 0 Å². The van der Waals surface area contributed by atoms with Gasteiger partial charge in [0.2, 0.25) is 0 Å². The lowest BCUT2D eigenvalue weighted by atomic mass is 9.93. The fourth-order valence-corrected chi connectivity index (χ4v) is 4.12. The van der Waals surface area contributed by atoms with E-state index in [-0.39, 0.29) is 22.1 Å². The third-order valence-electron chi connectivity index (χ3n) is 4.26. The molecule has 0 fully saturated rings. The molecule has 0 amide bonds. The molecular weight excluding hydrogens is 404 g/mol. The second-order valence-electron chi connectivity index (χ2n) is 6.14. The molecule has 0 radical (unpaired) electrons. The van der Waals surface area contributed by atoms with Crippen LogP contribution in [0.4, 0.5) is 8.78 Å². The Labute approximate surface area is 167 Å². The number of aliphatic hydroxyl groups is 1. The summed E-state index contributed by atoms with van der Waals surface area (Å²) < 4.78 is 30.1. The Kier molecular flexibility index (Phi) is 4.61. The van der Waals surface area contributed by atoms with Crippen molar-refractivity contribution >= 4 is 38.8 Å². The molecule has 3 N–H and O–H groups in total. The molecule has 28 heavy (non-hydrogen) atoms. The van der Waals surface area contributed by atoms with Gasteiger partial charge in [0, 0.05) is 17.2 Å². The minimum atomic E-state index is -1.89. The average Bonchev–Trinajstić information content (AvgIpc) is 3.30. The zero-order valence-electron chi connectivity index (χ0n) is 14.2. The fourth-order valence-electron chi connectivity index (χ4n) is 2.90. The van der Waals surface area contributed by atoms with Gasteiger partial charge in [0.05, 0.1) is 16.8 Å². The number of hydrogen-bond donors (Lipinski definition) is 2. The normalized spacial score (nSPS) is 13.5. The van der Waals surface area contributed by atoms with Crippen molar-refractivity contribution in [2.75, 3.05) is 0 Å². The van der Waals surface area contributed by atoms with Crippen LogP contribution in [0.3, 0.4) is 0 Å². The second kappa shape index (κ2) is 6.97. The average molecular weight is 417 g/mol. The van der Waals surface area contributed by atoms with Crippen LogP contribution in [-0.4, -0.2) is 29.8 Å². The largest absolute Gasteiger partial charge is 0.389 e. The molecule has 0 bridgehead atoms. The molecule has 1 unspecified atom stereocenters. The van der Waals surface area contributed by atoms with Crippen molar-refractivity contribution in [3.05, 3.63) is 76.8 Å². The monoisotopic (exact) mass is 417 g/mol. The lowest BCUT2D eigenvalue weighted by Crippen LogP contribution is -2.34. The van der Waals surface area contributed by atoms with Crippen molar-refractivity contribution < 1.29 is 13.9 Å². The van der Waals surface area contributed by atoms with Crippen LogP contribution in [0.2, 0.25) is 0 Å². The SMILES string of the molecule is NC(=S)c1ccc2nc(C(O)(Cn3cncn3)c3ccc(F)cc3F)sc2c1. The topological polar surface area (TPSA) is 89.8 Å². The number of thiocarbonyl (C=S) groups is 1. The molecule has 2 aromatic carbocycles. The second-order valence-corrected chi connectivity index (χ2v) is 7.61. The van der Waals surface area contributed by atoms with Crippen LogP contribution in [0.25, 0.3) is 10.2 Å². The number of hydrogen-bond acceptors (Lipinski definition) is 6. The van der Waals surface area contributed by atoms with Gasteiger partial charge >= 0.3 is 0 Å². The highest BCUT2D eigenvalue weighted by atomic mass is 32.1. The van der Waals surface area contributed by atoms with Crippen molar-refractivity contribution in [1.29, 1.82) is 0 Å². The van der Waals surface area contributed by atoms with E-state index < -0.39 is 17.2 Å². The molecule has 0 aliphatic heterocycles. The van der Waals surface area contributed by atoms with E-state index in [1.807, 2.05) is 0 Å². The summed E-state index contributed by atoms with van der Waals surface area (Å²) in [7, 11) is 0. The Bertz CT molecular complexity index is 1180. The molecule has 10 heteroatoms. The van der Waals surface area contributed by atoms with Crippen LogP contribution in [0, 0.1) is 11.6 Å². The number of nitrogens with two attached hydrogens (primary N) is 1. The van der Waals surface area contributed by atoms with Crippen LogP contribution in [-0.2, 0) is 12.1 Å². The predicted octanol–water partition coefficient (Wildman–Crippen LogP) is 2.74. The molecule has 2 aromatic heterocycles. The molecule has 0 aliphatic rings. The molecule has 142 valence electrons. The quantitative estimate of drug-likeness (QED) is 0.486. The first-order valence-corrected chi connectivity index (χ1v) is 9.30. The van der Waals surface area contributed by atoms with E-state index in [0.29, 0.717) is 11.1 Å². The Morgan fingerprint density at radius 3 is 2.75 bits per heavy atom. The molecular formula is C18H13F2N5OS2. The minimum Gasteiger partial charge on any atom is -0.389 e. The van der Waals surface area contributed by atoms with Crippen molar-refractivity contribution in [3.63, 3.8) is 0 Å². The Balaban J connectivity index is 1.89. The van der Waals surface area contributed by atoms with Gasteiger partial charge in [-0.3, -0.25) is 0 Å². The van der Waals surface area contributed by atoms with Crippen LogP contribution in [0.5, 0.6) is 0 Å². The summed E-state index contributed by atoms with van der Waals surface area (Å²) in [5, 5.41) is 15.7. The Morgan fingerprint density at radius 1 is 1.25 bits per heavy atom. The van der Waals surface area contributed by atoms with Gasteiger partial charge in [-0.05, 0) is 30.3 Å². The van der Waals surface area contributed by atoms with Crippen molar-refractivity contribution in [1.82, 2.24) is 19.7 Å². The Morgan fingerprint density at radius 2 is 2.07 bits per heavy atom. The summed E-state index contributed by atoms with van der Waals surface area (Å²) in [5.41, 5.74) is 4.93. The van der Waals surface area contributed by atoms with E-state index in [0.717, 1.165) is 16.8 Å². The molecule has 0 spiro atoms. The third-order valence-corrected chi connectivity index (χ3v) is 5.67. The van der Waals surface area contributed by atoms with Gasteiger partial charge in [-0.15, -0.1) is 11.3 Å². The molecule has 2 heterocycles. The van der Waals surface area contributed by atoms with Crippen molar-refractivity contribution in [3.8, 4) is 0 Å². The molecule has 0 saturated heterocycles. The maximum atomic E-state index is 14.6. The van der Waals surface area contributed by atoms with E-state index in [1.165, 1.54) is 34.7 Å². The van der Waals surface area contributed by atoms with Gasteiger partial charge in [0.1, 0.15) is 34.3 Å². The number of aromatic nitrogens is 4. The number of thiazole rings is 1. The predicted molar refractivity (Wildman–Crippen MR) is 105 cm³/mol. The van der Waals surface area contributed by atoms with Gasteiger partial charge in [-0.25, -0.2) is 23.4 Å². The van der Waals surface area contributed by atoms with Crippen LogP contribution in [0.1, 0.15) is 16.1 Å². The van der Waals surface area contributed by atoms with E-state index in [1.54, 1.807) is 18.2 Å². The van der Waals surface area contributed by atoms with E-state index in [4.69, 9.17) is 18.0 Å². The maximum absolute atomic E-state index is 14.6. The van der Waals surface area contributed by atoms with Crippen LogP contribution >= 0.6 is 23.6 Å². The smallest absolute Gasteiger partial charge is 0.163 e. The van der Waals surface area contributed by atoms with E-state index in [2.05, 4.69) is 15.1 Å². The summed E-state index contributed by atoms with van der Waals surface area (Å²) >= 11 is 6.16. The summed E-state index contributed by atoms with van der Waals surface area (Å²) in [6, 6.07) is 8.22. The maximum Gasteiger partial charge on any atom is 0.163 e. The fraction of sp³-hybridized carbons (Fsp3) is 0.111. The summed E-state index contributed by atoms with van der Waals surface area (Å²) in [5.74, 6) is -1.62. The molecule has 0 aliphatic carbocycles. The first-order chi connectivity index (χ1) is 13.4. The van der Waals surface area contributed by atoms with Crippen LogP contribution < -0.4 is 5.73 Å². The van der Waals surface area contributed by atoms with E-state index in [9.17, 15) is 13.9 Å². The summed E-state index contributed by atoms with van der Waals surface area (Å²) in [4.78, 5) is 8.55. The van der Waals surface area contributed by atoms with Gasteiger partial charge in [-0.1, -0.05) is 12.2 Å². The molecule has 4 rings (SSSR count). The number of benzene rings is 2. The molecule has 0 saturated carbocycles. The van der Waals surface area contributed by atoms with Gasteiger partial charge in [-0.2, -0.15) is 5.10 Å². The molecule has 6 nitrogen and oxygen atoms in total.